The zero-order chi connectivity index (χ0) is 16.0. The van der Waals surface area contributed by atoms with Gasteiger partial charge in [-0.2, -0.15) is 0 Å². The molecule has 116 valence electrons. The second-order valence-corrected chi connectivity index (χ2v) is 3.78. The van der Waals surface area contributed by atoms with Crippen molar-refractivity contribution in [1.29, 1.82) is 0 Å². The maximum Gasteiger partial charge on any atom is 0.106 e. The van der Waals surface area contributed by atoms with Crippen LogP contribution in [0.25, 0.3) is 0 Å². The Kier molecular flexibility index (Phi) is 18.7. The molecule has 0 unspecified atom stereocenters. The first-order chi connectivity index (χ1) is 9.02. The van der Waals surface area contributed by atoms with Crippen LogP contribution in [0.2, 0.25) is 0 Å². The predicted molar refractivity (Wildman–Crippen MR) is 89.0 cm³/mol. The van der Waals surface area contributed by atoms with Crippen molar-refractivity contribution >= 4 is 0 Å². The van der Waals surface area contributed by atoms with E-state index in [4.69, 9.17) is 0 Å². The van der Waals surface area contributed by atoms with E-state index < -0.39 is 0 Å². The molecule has 0 amide bonds. The molecule has 19 heavy (non-hydrogen) atoms. The first-order valence-corrected chi connectivity index (χ1v) is 7.67. The van der Waals surface area contributed by atoms with Crippen LogP contribution in [0.5, 0.6) is 0 Å². The van der Waals surface area contributed by atoms with Gasteiger partial charge in [-0.1, -0.05) is 41.5 Å². The summed E-state index contributed by atoms with van der Waals surface area (Å²) in [4.78, 5) is 6.62. The van der Waals surface area contributed by atoms with Crippen LogP contribution in [-0.4, -0.2) is 35.1 Å². The molecule has 0 N–H and O–H groups in total. The molecule has 0 aliphatic heterocycles. The van der Waals surface area contributed by atoms with Crippen LogP contribution in [0.15, 0.2) is 0 Å². The highest BCUT2D eigenvalue weighted by atomic mass is 15.1. The molecular weight excluding hydrogens is 234 g/mol. The van der Waals surface area contributed by atoms with Gasteiger partial charge in [-0.05, 0) is 34.9 Å². The Morgan fingerprint density at radius 3 is 1.58 bits per heavy atom. The normalized spacial score (nSPS) is 8.63. The Morgan fingerprint density at radius 2 is 1.32 bits per heavy atom. The topological polar surface area (TPSA) is 21.1 Å². The molecule has 0 spiro atoms. The second-order valence-electron chi connectivity index (χ2n) is 3.78. The summed E-state index contributed by atoms with van der Waals surface area (Å²) in [6.07, 6.45) is 0. The summed E-state index contributed by atoms with van der Waals surface area (Å²) in [5.74, 6) is 1.12. The van der Waals surface area contributed by atoms with Gasteiger partial charge in [0, 0.05) is 18.8 Å². The number of aromatic nitrogens is 2. The van der Waals surface area contributed by atoms with Gasteiger partial charge < -0.3 is 9.47 Å². The summed E-state index contributed by atoms with van der Waals surface area (Å²) in [6.45, 7) is 20.4. The minimum absolute atomic E-state index is 1.03. The van der Waals surface area contributed by atoms with Gasteiger partial charge in [0.1, 0.15) is 5.82 Å². The molecule has 0 atom stereocenters. The number of hydrogen-bond acceptors (Lipinski definition) is 2. The summed E-state index contributed by atoms with van der Waals surface area (Å²) >= 11 is 0. The third kappa shape index (κ3) is 9.71. The van der Waals surface area contributed by atoms with Crippen LogP contribution in [0.3, 0.4) is 0 Å². The fraction of sp³-hybridized carbons (Fsp3) is 0.812. The van der Waals surface area contributed by atoms with E-state index in [-0.39, 0.29) is 0 Å². The molecule has 0 aliphatic carbocycles. The van der Waals surface area contributed by atoms with E-state index in [1.54, 1.807) is 0 Å². The number of rotatable bonds is 3. The van der Waals surface area contributed by atoms with Crippen molar-refractivity contribution < 1.29 is 0 Å². The van der Waals surface area contributed by atoms with Crippen molar-refractivity contribution in [2.75, 3.05) is 20.6 Å². The van der Waals surface area contributed by atoms with Gasteiger partial charge in [0.2, 0.25) is 0 Å². The zero-order valence-corrected chi connectivity index (χ0v) is 15.3. The zero-order valence-electron chi connectivity index (χ0n) is 15.3. The molecule has 1 aromatic heterocycles. The molecule has 0 aromatic carbocycles. The van der Waals surface area contributed by atoms with Crippen LogP contribution >= 0.6 is 0 Å². The Morgan fingerprint density at radius 1 is 0.895 bits per heavy atom. The van der Waals surface area contributed by atoms with Crippen molar-refractivity contribution in [1.82, 2.24) is 14.5 Å². The van der Waals surface area contributed by atoms with E-state index in [9.17, 15) is 0 Å². The lowest BCUT2D eigenvalue weighted by molar-refractivity contribution is 0.380. The number of aryl methyl sites for hydroxylation is 2. The number of nitrogens with zero attached hydrogens (tertiary/aromatic N) is 3. The predicted octanol–water partition coefficient (Wildman–Crippen LogP) is 4.45. The quantitative estimate of drug-likeness (QED) is 0.810. The summed E-state index contributed by atoms with van der Waals surface area (Å²) in [6, 6.07) is 0. The maximum atomic E-state index is 4.43. The van der Waals surface area contributed by atoms with Crippen LogP contribution in [0.1, 0.15) is 58.8 Å². The first kappa shape index (κ1) is 23.3. The molecule has 0 aliphatic rings. The molecule has 0 bridgehead atoms. The van der Waals surface area contributed by atoms with E-state index in [1.807, 2.05) is 41.5 Å². The monoisotopic (exact) mass is 271 g/mol. The average molecular weight is 271 g/mol. The summed E-state index contributed by atoms with van der Waals surface area (Å²) in [5.41, 5.74) is 2.44. The van der Waals surface area contributed by atoms with Crippen LogP contribution in [-0.2, 0) is 6.54 Å². The van der Waals surface area contributed by atoms with Crippen molar-refractivity contribution in [3.8, 4) is 0 Å². The van der Waals surface area contributed by atoms with E-state index in [2.05, 4.69) is 49.3 Å². The Labute approximate surface area is 122 Å². The molecular formula is C16H37N3. The Bertz CT molecular complexity index is 288. The maximum absolute atomic E-state index is 4.43. The standard InChI is InChI=1S/C10H19N3.3C2H6/c1-8-9(2)13(10(3)11-8)7-6-12(4)5;3*1-2/h6-7H2,1-5H3;3*1-2H3. The summed E-state index contributed by atoms with van der Waals surface area (Å²) in [5, 5.41) is 0. The molecule has 3 heteroatoms. The number of imidazole rings is 1. The van der Waals surface area contributed by atoms with E-state index >= 15 is 0 Å². The van der Waals surface area contributed by atoms with Gasteiger partial charge in [0.25, 0.3) is 0 Å². The molecule has 1 aromatic rings. The first-order valence-electron chi connectivity index (χ1n) is 7.67. The van der Waals surface area contributed by atoms with Crippen LogP contribution in [0.4, 0.5) is 0 Å². The summed E-state index contributed by atoms with van der Waals surface area (Å²) in [7, 11) is 4.18. The largest absolute Gasteiger partial charge is 0.331 e. The van der Waals surface area contributed by atoms with Gasteiger partial charge in [-0.15, -0.1) is 0 Å². The smallest absolute Gasteiger partial charge is 0.106 e. The van der Waals surface area contributed by atoms with E-state index in [1.165, 1.54) is 5.69 Å². The van der Waals surface area contributed by atoms with Crippen LogP contribution < -0.4 is 0 Å². The van der Waals surface area contributed by atoms with Gasteiger partial charge in [-0.25, -0.2) is 4.98 Å². The van der Waals surface area contributed by atoms with Crippen molar-refractivity contribution in [3.63, 3.8) is 0 Å². The van der Waals surface area contributed by atoms with Crippen LogP contribution in [0, 0.1) is 20.8 Å². The SMILES string of the molecule is CC.CC.CC.Cc1nc(C)n(CCN(C)C)c1C. The fourth-order valence-corrected chi connectivity index (χ4v) is 1.45. The fourth-order valence-electron chi connectivity index (χ4n) is 1.45. The highest BCUT2D eigenvalue weighted by molar-refractivity contribution is 5.13. The lowest BCUT2D eigenvalue weighted by Crippen LogP contribution is -2.19. The molecule has 0 fully saturated rings. The van der Waals surface area contributed by atoms with Gasteiger partial charge >= 0.3 is 0 Å². The summed E-state index contributed by atoms with van der Waals surface area (Å²) < 4.78 is 2.27. The highest BCUT2D eigenvalue weighted by Crippen LogP contribution is 2.08. The minimum Gasteiger partial charge on any atom is -0.331 e. The molecule has 3 nitrogen and oxygen atoms in total. The highest BCUT2D eigenvalue weighted by Gasteiger charge is 2.06. The molecule has 1 heterocycles. The number of likely N-dealkylation sites (N-methyl/N-ethyl adjacent to an activating group) is 1. The minimum atomic E-state index is 1.03. The molecule has 0 saturated heterocycles. The Hall–Kier alpha value is -0.830. The molecule has 1 rings (SSSR count). The Balaban J connectivity index is -0.000000375. The van der Waals surface area contributed by atoms with Crippen molar-refractivity contribution in [2.45, 2.75) is 68.9 Å². The molecule has 0 radical (unpaired) electrons. The second kappa shape index (κ2) is 15.2. The lowest BCUT2D eigenvalue weighted by Gasteiger charge is -2.12. The van der Waals surface area contributed by atoms with E-state index in [0.717, 1.165) is 24.6 Å². The molecule has 0 saturated carbocycles. The lowest BCUT2D eigenvalue weighted by atomic mass is 10.4. The average Bonchev–Trinajstić information content (AvgIpc) is 2.68. The van der Waals surface area contributed by atoms with Gasteiger partial charge in [0.05, 0.1) is 5.69 Å². The third-order valence-corrected chi connectivity index (χ3v) is 2.42. The van der Waals surface area contributed by atoms with Gasteiger partial charge in [-0.3, -0.25) is 0 Å². The van der Waals surface area contributed by atoms with Crippen molar-refractivity contribution in [3.05, 3.63) is 17.2 Å². The number of hydrogen-bond donors (Lipinski definition) is 0. The van der Waals surface area contributed by atoms with Crippen molar-refractivity contribution in [2.24, 2.45) is 0 Å². The third-order valence-electron chi connectivity index (χ3n) is 2.42. The van der Waals surface area contributed by atoms with Gasteiger partial charge in [0.15, 0.2) is 0 Å². The van der Waals surface area contributed by atoms with E-state index in [0.29, 0.717) is 0 Å².